The van der Waals surface area contributed by atoms with Crippen molar-refractivity contribution in [1.82, 2.24) is 14.6 Å². The van der Waals surface area contributed by atoms with Crippen LogP contribution in [-0.2, 0) is 17.4 Å². The van der Waals surface area contributed by atoms with Gasteiger partial charge in [0.15, 0.2) is 11.4 Å². The smallest absolute Gasteiger partial charge is 0.319 e. The predicted octanol–water partition coefficient (Wildman–Crippen LogP) is 3.77. The van der Waals surface area contributed by atoms with E-state index in [1.54, 1.807) is 13.8 Å². The molecule has 3 aromatic rings. The largest absolute Gasteiger partial charge is 0.417 e. The molecule has 0 amide bonds. The number of aromatic nitrogens is 3. The molecule has 0 spiro atoms. The number of hydrogen-bond acceptors (Lipinski definition) is 4. The summed E-state index contributed by atoms with van der Waals surface area (Å²) in [6, 6.07) is 11.6. The molecule has 0 bridgehead atoms. The molecule has 148 valence electrons. The second kappa shape index (κ2) is 7.35. The van der Waals surface area contributed by atoms with Crippen molar-refractivity contribution in [3.63, 3.8) is 0 Å². The molecule has 2 N–H and O–H groups in total. The Labute approximate surface area is 160 Å². The first-order valence-corrected chi connectivity index (χ1v) is 8.83. The number of Topliss-reactive ketones (excluding diaryl/α,β-unsaturated/α-hetero) is 1. The third kappa shape index (κ3) is 4.39. The minimum atomic E-state index is -4.49. The zero-order valence-electron chi connectivity index (χ0n) is 15.6. The molecule has 3 rings (SSSR count). The fourth-order valence-corrected chi connectivity index (χ4v) is 2.99. The van der Waals surface area contributed by atoms with Gasteiger partial charge in [0.05, 0.1) is 11.1 Å². The molecule has 2 heterocycles. The van der Waals surface area contributed by atoms with E-state index in [4.69, 9.17) is 5.73 Å². The summed E-state index contributed by atoms with van der Waals surface area (Å²) in [4.78, 5) is 12.6. The summed E-state index contributed by atoms with van der Waals surface area (Å²) >= 11 is 0. The molecule has 2 aromatic heterocycles. The van der Waals surface area contributed by atoms with Crippen LogP contribution >= 0.6 is 0 Å². The first-order valence-electron chi connectivity index (χ1n) is 8.83. The molecule has 0 saturated heterocycles. The average molecular weight is 390 g/mol. The van der Waals surface area contributed by atoms with E-state index in [1.807, 2.05) is 30.3 Å². The van der Waals surface area contributed by atoms with Gasteiger partial charge < -0.3 is 5.73 Å². The van der Waals surface area contributed by atoms with Gasteiger partial charge in [-0.2, -0.15) is 13.2 Å². The molecule has 0 radical (unpaired) electrons. The van der Waals surface area contributed by atoms with Gasteiger partial charge in [-0.3, -0.25) is 9.20 Å². The van der Waals surface area contributed by atoms with E-state index in [9.17, 15) is 18.0 Å². The number of benzene rings is 1. The molecule has 5 nitrogen and oxygen atoms in total. The number of hydrogen-bond donors (Lipinski definition) is 1. The summed E-state index contributed by atoms with van der Waals surface area (Å²) in [6.45, 7) is 3.22. The van der Waals surface area contributed by atoms with Gasteiger partial charge >= 0.3 is 6.18 Å². The summed E-state index contributed by atoms with van der Waals surface area (Å²) in [7, 11) is 0. The molecule has 0 aliphatic heterocycles. The van der Waals surface area contributed by atoms with Crippen LogP contribution in [0.4, 0.5) is 13.2 Å². The van der Waals surface area contributed by atoms with Crippen molar-refractivity contribution in [2.45, 2.75) is 44.3 Å². The van der Waals surface area contributed by atoms with Crippen LogP contribution < -0.4 is 5.73 Å². The van der Waals surface area contributed by atoms with Gasteiger partial charge in [-0.1, -0.05) is 30.3 Å². The van der Waals surface area contributed by atoms with Crippen molar-refractivity contribution in [3.8, 4) is 0 Å². The van der Waals surface area contributed by atoms with Gasteiger partial charge in [-0.05, 0) is 38.0 Å². The fraction of sp³-hybridized carbons (Fsp3) is 0.350. The standard InChI is InChI=1S/C20H21F3N4O/c1-19(2,24)16(28)11-14(10-13-6-4-3-5-7-13)18-26-25-17-9-8-15(12-27(17)18)20(21,22)23/h3-9,12,14H,10-11,24H2,1-2H3/t14-/m0/s1. The molecule has 0 aliphatic carbocycles. The average Bonchev–Trinajstić information content (AvgIpc) is 3.03. The molecule has 0 unspecified atom stereocenters. The summed E-state index contributed by atoms with van der Waals surface area (Å²) in [5, 5.41) is 8.08. The van der Waals surface area contributed by atoms with E-state index in [2.05, 4.69) is 10.2 Å². The van der Waals surface area contributed by atoms with Crippen LogP contribution in [0.1, 0.15) is 43.1 Å². The Balaban J connectivity index is 2.05. The number of pyridine rings is 1. The van der Waals surface area contributed by atoms with Gasteiger partial charge in [0.2, 0.25) is 0 Å². The molecule has 28 heavy (non-hydrogen) atoms. The lowest BCUT2D eigenvalue weighted by Crippen LogP contribution is -2.42. The maximum atomic E-state index is 13.1. The van der Waals surface area contributed by atoms with E-state index in [1.165, 1.54) is 10.5 Å². The van der Waals surface area contributed by atoms with Crippen LogP contribution in [0.15, 0.2) is 48.7 Å². The van der Waals surface area contributed by atoms with Crippen LogP contribution in [-0.4, -0.2) is 25.9 Å². The number of halogens is 3. The molecule has 0 saturated carbocycles. The van der Waals surface area contributed by atoms with Gasteiger partial charge in [-0.15, -0.1) is 10.2 Å². The number of carbonyl (C=O) groups is 1. The number of ketones is 1. The quantitative estimate of drug-likeness (QED) is 0.695. The Bertz CT molecular complexity index is 975. The predicted molar refractivity (Wildman–Crippen MR) is 98.8 cm³/mol. The van der Waals surface area contributed by atoms with Gasteiger partial charge in [0.25, 0.3) is 0 Å². The van der Waals surface area contributed by atoms with Crippen LogP contribution in [0.3, 0.4) is 0 Å². The van der Waals surface area contributed by atoms with E-state index in [-0.39, 0.29) is 12.2 Å². The molecule has 1 atom stereocenters. The Morgan fingerprint density at radius 3 is 2.39 bits per heavy atom. The highest BCUT2D eigenvalue weighted by atomic mass is 19.4. The number of alkyl halides is 3. The lowest BCUT2D eigenvalue weighted by molar-refractivity contribution is -0.137. The second-order valence-electron chi connectivity index (χ2n) is 7.44. The van der Waals surface area contributed by atoms with Crippen molar-refractivity contribution in [3.05, 3.63) is 65.6 Å². The topological polar surface area (TPSA) is 73.3 Å². The molecule has 8 heteroatoms. The van der Waals surface area contributed by atoms with Crippen molar-refractivity contribution < 1.29 is 18.0 Å². The zero-order valence-corrected chi connectivity index (χ0v) is 15.6. The number of nitrogens with zero attached hydrogens (tertiary/aromatic N) is 3. The van der Waals surface area contributed by atoms with E-state index in [0.717, 1.165) is 17.8 Å². The lowest BCUT2D eigenvalue weighted by atomic mass is 9.87. The molecular formula is C20H21F3N4O. The van der Waals surface area contributed by atoms with Crippen LogP contribution in [0.2, 0.25) is 0 Å². The highest BCUT2D eigenvalue weighted by molar-refractivity contribution is 5.87. The maximum absolute atomic E-state index is 13.1. The minimum Gasteiger partial charge on any atom is -0.319 e. The first-order chi connectivity index (χ1) is 13.1. The Morgan fingerprint density at radius 2 is 1.79 bits per heavy atom. The van der Waals surface area contributed by atoms with Crippen molar-refractivity contribution in [2.75, 3.05) is 0 Å². The Morgan fingerprint density at radius 1 is 1.11 bits per heavy atom. The summed E-state index contributed by atoms with van der Waals surface area (Å²) in [6.07, 6.45) is -3.03. The van der Waals surface area contributed by atoms with Crippen LogP contribution in [0, 0.1) is 0 Å². The normalized spacial score (nSPS) is 13.6. The summed E-state index contributed by atoms with van der Waals surface area (Å²) in [5.74, 6) is -0.351. The highest BCUT2D eigenvalue weighted by Crippen LogP contribution is 2.31. The number of carbonyl (C=O) groups excluding carboxylic acids is 1. The first kappa shape index (κ1) is 20.0. The summed E-state index contributed by atoms with van der Waals surface area (Å²) < 4.78 is 40.7. The summed E-state index contributed by atoms with van der Waals surface area (Å²) in [5.41, 5.74) is 5.31. The van der Waals surface area contributed by atoms with Crippen LogP contribution in [0.25, 0.3) is 5.65 Å². The van der Waals surface area contributed by atoms with Crippen LogP contribution in [0.5, 0.6) is 0 Å². The van der Waals surface area contributed by atoms with E-state index < -0.39 is 23.2 Å². The third-order valence-electron chi connectivity index (χ3n) is 4.60. The van der Waals surface area contributed by atoms with E-state index in [0.29, 0.717) is 17.9 Å². The number of rotatable bonds is 6. The minimum absolute atomic E-state index is 0.0510. The van der Waals surface area contributed by atoms with Gasteiger partial charge in [0, 0.05) is 18.5 Å². The maximum Gasteiger partial charge on any atom is 0.417 e. The highest BCUT2D eigenvalue weighted by Gasteiger charge is 2.32. The Kier molecular flexibility index (Phi) is 5.25. The molecule has 0 aliphatic rings. The second-order valence-corrected chi connectivity index (χ2v) is 7.44. The SMILES string of the molecule is CC(C)(N)C(=O)C[C@H](Cc1ccccc1)c1nnc2ccc(C(F)(F)F)cn12. The van der Waals surface area contributed by atoms with Crippen molar-refractivity contribution in [1.29, 1.82) is 0 Å². The fourth-order valence-electron chi connectivity index (χ4n) is 2.99. The molecule has 1 aromatic carbocycles. The third-order valence-corrected chi connectivity index (χ3v) is 4.60. The number of fused-ring (bicyclic) bond motifs is 1. The molecule has 0 fully saturated rings. The van der Waals surface area contributed by atoms with Crippen molar-refractivity contribution >= 4 is 11.4 Å². The zero-order chi connectivity index (χ0) is 20.5. The van der Waals surface area contributed by atoms with Gasteiger partial charge in [0.1, 0.15) is 5.82 Å². The van der Waals surface area contributed by atoms with E-state index >= 15 is 0 Å². The Hall–Kier alpha value is -2.74. The lowest BCUT2D eigenvalue weighted by Gasteiger charge is -2.21. The monoisotopic (exact) mass is 390 g/mol. The molecular weight excluding hydrogens is 369 g/mol. The van der Waals surface area contributed by atoms with Crippen molar-refractivity contribution in [2.24, 2.45) is 5.73 Å². The number of nitrogens with two attached hydrogens (primary N) is 1. The van der Waals surface area contributed by atoms with Gasteiger partial charge in [-0.25, -0.2) is 0 Å².